The van der Waals surface area contributed by atoms with Crippen molar-refractivity contribution in [3.05, 3.63) is 58.3 Å². The molecule has 3 aromatic rings. The van der Waals surface area contributed by atoms with Gasteiger partial charge >= 0.3 is 12.2 Å². The summed E-state index contributed by atoms with van der Waals surface area (Å²) in [5.41, 5.74) is 2.04. The van der Waals surface area contributed by atoms with E-state index in [0.29, 0.717) is 17.1 Å². The summed E-state index contributed by atoms with van der Waals surface area (Å²) in [6.45, 7) is 0.532. The number of methoxy groups -OCH3 is 1. The van der Waals surface area contributed by atoms with Gasteiger partial charge in [-0.2, -0.15) is 18.3 Å². The van der Waals surface area contributed by atoms with Crippen LogP contribution in [0.15, 0.2) is 41.6 Å². The minimum absolute atomic E-state index is 0.179. The van der Waals surface area contributed by atoms with Crippen LogP contribution in [0.4, 0.5) is 13.2 Å². The summed E-state index contributed by atoms with van der Waals surface area (Å²) in [6.07, 6.45) is -0.347. The van der Waals surface area contributed by atoms with Crippen molar-refractivity contribution in [2.24, 2.45) is 0 Å². The lowest BCUT2D eigenvalue weighted by atomic mass is 10.2. The number of hydrogen-bond acceptors (Lipinski definition) is 7. The van der Waals surface area contributed by atoms with Gasteiger partial charge in [-0.3, -0.25) is 4.79 Å². The summed E-state index contributed by atoms with van der Waals surface area (Å²) in [5, 5.41) is 4.27. The normalized spacial score (nSPS) is 11.3. The smallest absolute Gasteiger partial charge is 0.422 e. The molecule has 0 atom stereocenters. The molecule has 0 N–H and O–H groups in total. The average molecular weight is 407 g/mol. The van der Waals surface area contributed by atoms with Gasteiger partial charge in [-0.15, -0.1) is 0 Å². The van der Waals surface area contributed by atoms with Crippen LogP contribution in [0.3, 0.4) is 0 Å². The molecule has 11 heteroatoms. The monoisotopic (exact) mass is 407 g/mol. The van der Waals surface area contributed by atoms with E-state index >= 15 is 0 Å². The van der Waals surface area contributed by atoms with E-state index in [2.05, 4.69) is 24.8 Å². The Hall–Kier alpha value is -3.50. The maximum Gasteiger partial charge on any atom is 0.422 e. The molecule has 0 spiro atoms. The number of aromatic nitrogens is 5. The third kappa shape index (κ3) is 5.27. The van der Waals surface area contributed by atoms with E-state index in [4.69, 9.17) is 4.74 Å². The number of rotatable bonds is 6. The molecular formula is C18H16F3N5O3. The molecule has 0 radical (unpaired) electrons. The summed E-state index contributed by atoms with van der Waals surface area (Å²) in [5.74, 6) is 0.493. The van der Waals surface area contributed by atoms with E-state index in [1.54, 1.807) is 6.20 Å². The first-order valence-corrected chi connectivity index (χ1v) is 8.35. The molecule has 3 aromatic heterocycles. The number of ether oxygens (including phenoxy) is 2. The predicted molar refractivity (Wildman–Crippen MR) is 95.7 cm³/mol. The molecule has 29 heavy (non-hydrogen) atoms. The zero-order chi connectivity index (χ0) is 21.0. The van der Waals surface area contributed by atoms with Crippen molar-refractivity contribution < 1.29 is 22.6 Å². The SMILES string of the molecule is COc1ncc(Cn2nc(-c3cnc(OCC(F)(F)F)nc3)ccc2=O)cc1C. The number of hydrogen-bond donors (Lipinski definition) is 0. The van der Waals surface area contributed by atoms with E-state index in [0.717, 1.165) is 11.1 Å². The minimum Gasteiger partial charge on any atom is -0.481 e. The van der Waals surface area contributed by atoms with E-state index in [-0.39, 0.29) is 12.1 Å². The Bertz CT molecular complexity index is 1050. The van der Waals surface area contributed by atoms with Crippen molar-refractivity contribution >= 4 is 0 Å². The van der Waals surface area contributed by atoms with Gasteiger partial charge in [0.15, 0.2) is 6.61 Å². The lowest BCUT2D eigenvalue weighted by Crippen LogP contribution is -2.23. The summed E-state index contributed by atoms with van der Waals surface area (Å²) in [4.78, 5) is 23.8. The maximum atomic E-state index is 12.2. The Morgan fingerprint density at radius 2 is 1.83 bits per heavy atom. The van der Waals surface area contributed by atoms with Gasteiger partial charge in [-0.05, 0) is 24.6 Å². The Labute approximate surface area is 163 Å². The van der Waals surface area contributed by atoms with Crippen LogP contribution in [0.2, 0.25) is 0 Å². The Morgan fingerprint density at radius 1 is 1.10 bits per heavy atom. The van der Waals surface area contributed by atoms with Crippen LogP contribution in [0.5, 0.6) is 11.9 Å². The number of aryl methyl sites for hydroxylation is 1. The average Bonchev–Trinajstić information content (AvgIpc) is 2.68. The van der Waals surface area contributed by atoms with Gasteiger partial charge in [0.25, 0.3) is 5.56 Å². The highest BCUT2D eigenvalue weighted by Gasteiger charge is 2.28. The molecule has 0 aliphatic heterocycles. The molecule has 0 saturated heterocycles. The number of nitrogens with zero attached hydrogens (tertiary/aromatic N) is 5. The zero-order valence-electron chi connectivity index (χ0n) is 15.5. The van der Waals surface area contributed by atoms with E-state index in [9.17, 15) is 18.0 Å². The summed E-state index contributed by atoms with van der Waals surface area (Å²) in [6, 6.07) is 4.24. The van der Waals surface area contributed by atoms with Crippen LogP contribution in [0, 0.1) is 6.92 Å². The molecule has 0 aromatic carbocycles. The molecule has 0 aliphatic carbocycles. The van der Waals surface area contributed by atoms with Crippen LogP contribution in [-0.4, -0.2) is 44.6 Å². The van der Waals surface area contributed by atoms with Crippen molar-refractivity contribution in [3.63, 3.8) is 0 Å². The van der Waals surface area contributed by atoms with Crippen molar-refractivity contribution in [1.82, 2.24) is 24.7 Å². The van der Waals surface area contributed by atoms with Crippen molar-refractivity contribution in [3.8, 4) is 23.1 Å². The maximum absolute atomic E-state index is 12.2. The summed E-state index contributed by atoms with van der Waals surface area (Å²) in [7, 11) is 1.52. The molecule has 0 bridgehead atoms. The highest BCUT2D eigenvalue weighted by Crippen LogP contribution is 2.19. The molecule has 0 aliphatic rings. The summed E-state index contributed by atoms with van der Waals surface area (Å²) >= 11 is 0. The van der Waals surface area contributed by atoms with Gasteiger partial charge in [-0.25, -0.2) is 19.6 Å². The van der Waals surface area contributed by atoms with Crippen LogP contribution >= 0.6 is 0 Å². The van der Waals surface area contributed by atoms with Crippen LogP contribution in [0.1, 0.15) is 11.1 Å². The highest BCUT2D eigenvalue weighted by molar-refractivity contribution is 5.55. The minimum atomic E-state index is -4.48. The molecule has 0 amide bonds. The lowest BCUT2D eigenvalue weighted by molar-refractivity contribution is -0.154. The number of pyridine rings is 1. The van der Waals surface area contributed by atoms with Crippen LogP contribution < -0.4 is 15.0 Å². The van der Waals surface area contributed by atoms with Gasteiger partial charge in [0.05, 0.1) is 19.3 Å². The van der Waals surface area contributed by atoms with E-state index in [1.807, 2.05) is 13.0 Å². The second-order valence-electron chi connectivity index (χ2n) is 6.04. The van der Waals surface area contributed by atoms with Crippen molar-refractivity contribution in [2.45, 2.75) is 19.6 Å². The molecule has 3 heterocycles. The topological polar surface area (TPSA) is 92.0 Å². The first-order valence-electron chi connectivity index (χ1n) is 8.35. The van der Waals surface area contributed by atoms with Gasteiger partial charge < -0.3 is 9.47 Å². The highest BCUT2D eigenvalue weighted by atomic mass is 19.4. The standard InChI is InChI=1S/C18H16F3N5O3/c1-11-5-12(6-22-16(11)28-2)9-26-15(27)4-3-14(25-26)13-7-23-17(24-8-13)29-10-18(19,20)21/h3-8H,9-10H2,1-2H3. The number of halogens is 3. The van der Waals surface area contributed by atoms with Gasteiger partial charge in [0, 0.05) is 35.8 Å². The van der Waals surface area contributed by atoms with E-state index < -0.39 is 18.8 Å². The summed E-state index contributed by atoms with van der Waals surface area (Å²) < 4.78 is 47.4. The Kier molecular flexibility index (Phi) is 5.76. The fraction of sp³-hybridized carbons (Fsp3) is 0.278. The molecule has 3 rings (SSSR count). The van der Waals surface area contributed by atoms with E-state index in [1.165, 1.54) is 36.3 Å². The van der Waals surface area contributed by atoms with Crippen LogP contribution in [-0.2, 0) is 6.54 Å². The zero-order valence-corrected chi connectivity index (χ0v) is 15.5. The largest absolute Gasteiger partial charge is 0.481 e. The Morgan fingerprint density at radius 3 is 2.45 bits per heavy atom. The first-order chi connectivity index (χ1) is 13.7. The Balaban J connectivity index is 1.80. The molecule has 152 valence electrons. The second-order valence-corrected chi connectivity index (χ2v) is 6.04. The fourth-order valence-electron chi connectivity index (χ4n) is 2.48. The molecule has 0 saturated carbocycles. The van der Waals surface area contributed by atoms with Crippen molar-refractivity contribution in [1.29, 1.82) is 0 Å². The van der Waals surface area contributed by atoms with Gasteiger partial charge in [0.2, 0.25) is 5.88 Å². The molecular weight excluding hydrogens is 391 g/mol. The lowest BCUT2D eigenvalue weighted by Gasteiger charge is -2.10. The predicted octanol–water partition coefficient (Wildman–Crippen LogP) is 2.40. The fourth-order valence-corrected chi connectivity index (χ4v) is 2.48. The van der Waals surface area contributed by atoms with Gasteiger partial charge in [0.1, 0.15) is 0 Å². The van der Waals surface area contributed by atoms with Crippen molar-refractivity contribution in [2.75, 3.05) is 13.7 Å². The quantitative estimate of drug-likeness (QED) is 0.620. The first kappa shape index (κ1) is 20.2. The van der Waals surface area contributed by atoms with Crippen LogP contribution in [0.25, 0.3) is 11.3 Å². The second kappa shape index (κ2) is 8.25. The third-order valence-corrected chi connectivity index (χ3v) is 3.77. The van der Waals surface area contributed by atoms with Gasteiger partial charge in [-0.1, -0.05) is 0 Å². The number of alkyl halides is 3. The third-order valence-electron chi connectivity index (χ3n) is 3.77. The molecule has 0 unspecified atom stereocenters. The molecule has 0 fully saturated rings. The molecule has 8 nitrogen and oxygen atoms in total.